The van der Waals surface area contributed by atoms with E-state index in [1.54, 1.807) is 0 Å². The Balaban J connectivity index is 0.00000147. The lowest BCUT2D eigenvalue weighted by atomic mass is 9.80. The van der Waals surface area contributed by atoms with Crippen molar-refractivity contribution < 1.29 is 0 Å². The molecule has 7 aromatic carbocycles. The third kappa shape index (κ3) is 4.44. The highest BCUT2D eigenvalue weighted by Crippen LogP contribution is 2.48. The van der Waals surface area contributed by atoms with Gasteiger partial charge in [-0.05, 0) is 108 Å². The van der Waals surface area contributed by atoms with E-state index in [2.05, 4.69) is 146 Å². The number of hydrogen-bond acceptors (Lipinski definition) is 0. The van der Waals surface area contributed by atoms with Crippen molar-refractivity contribution in [3.8, 4) is 44.5 Å². The van der Waals surface area contributed by atoms with Gasteiger partial charge in [-0.15, -0.1) is 0 Å². The first-order valence-electron chi connectivity index (χ1n) is 16.4. The van der Waals surface area contributed by atoms with Crippen LogP contribution in [-0.4, -0.2) is 0 Å². The number of benzene rings is 7. The number of hydrogen-bond donors (Lipinski definition) is 0. The largest absolute Gasteiger partial charge is 0.0836 e. The van der Waals surface area contributed by atoms with Gasteiger partial charge in [0.2, 0.25) is 0 Å². The molecular weight excluding hydrogens is 540 g/mol. The molecule has 9 rings (SSSR count). The molecule has 0 fully saturated rings. The molecule has 0 unspecified atom stereocenters. The van der Waals surface area contributed by atoms with E-state index in [0.717, 1.165) is 19.3 Å². The lowest BCUT2D eigenvalue weighted by molar-refractivity contribution is 0.991. The fourth-order valence-corrected chi connectivity index (χ4v) is 7.72. The average molecular weight is 577 g/mol. The summed E-state index contributed by atoms with van der Waals surface area (Å²) >= 11 is 0. The van der Waals surface area contributed by atoms with Crippen molar-refractivity contribution in [3.63, 3.8) is 0 Å². The highest BCUT2D eigenvalue weighted by atomic mass is 14.3. The van der Waals surface area contributed by atoms with Crippen LogP contribution in [0.25, 0.3) is 72.1 Å². The van der Waals surface area contributed by atoms with Gasteiger partial charge in [0.05, 0.1) is 0 Å². The minimum atomic E-state index is 0.954. The summed E-state index contributed by atoms with van der Waals surface area (Å²) in [5.74, 6) is 0. The van der Waals surface area contributed by atoms with Gasteiger partial charge in [0.1, 0.15) is 0 Å². The fraction of sp³-hybridized carbons (Fsp3) is 0.111. The van der Waals surface area contributed by atoms with Crippen molar-refractivity contribution in [2.24, 2.45) is 0 Å². The molecule has 0 nitrogen and oxygen atoms in total. The molecule has 0 saturated heterocycles. The Morgan fingerprint density at radius 3 is 1.93 bits per heavy atom. The van der Waals surface area contributed by atoms with E-state index >= 15 is 0 Å². The second-order valence-electron chi connectivity index (χ2n) is 11.9. The Bertz CT molecular complexity index is 2240. The number of fused-ring (bicyclic) bond motifs is 6. The van der Waals surface area contributed by atoms with Crippen molar-refractivity contribution in [3.05, 3.63) is 162 Å². The van der Waals surface area contributed by atoms with Gasteiger partial charge in [-0.2, -0.15) is 0 Å². The topological polar surface area (TPSA) is 0 Å². The van der Waals surface area contributed by atoms with Crippen LogP contribution < -0.4 is 0 Å². The van der Waals surface area contributed by atoms with Gasteiger partial charge in [0.25, 0.3) is 0 Å². The minimum absolute atomic E-state index is 0.954. The molecule has 0 heteroatoms. The second kappa shape index (κ2) is 11.4. The lowest BCUT2D eigenvalue weighted by Crippen LogP contribution is -2.02. The predicted molar refractivity (Wildman–Crippen MR) is 195 cm³/mol. The van der Waals surface area contributed by atoms with E-state index in [4.69, 9.17) is 0 Å². The van der Waals surface area contributed by atoms with Crippen LogP contribution in [0.1, 0.15) is 42.5 Å². The second-order valence-corrected chi connectivity index (χ2v) is 11.9. The Hall–Kier alpha value is -5.20. The van der Waals surface area contributed by atoms with Gasteiger partial charge in [-0.1, -0.05) is 159 Å². The maximum Gasteiger partial charge on any atom is -0.000706 e. The zero-order valence-electron chi connectivity index (χ0n) is 26.0. The summed E-state index contributed by atoms with van der Waals surface area (Å²) in [6.45, 7) is 4.00. The van der Waals surface area contributed by atoms with Crippen LogP contribution in [0, 0.1) is 0 Å². The van der Waals surface area contributed by atoms with Crippen molar-refractivity contribution in [2.75, 3.05) is 0 Å². The van der Waals surface area contributed by atoms with E-state index in [0.29, 0.717) is 0 Å². The van der Waals surface area contributed by atoms with Crippen LogP contribution >= 0.6 is 0 Å². The maximum absolute atomic E-state index is 2.48. The Labute approximate surface area is 266 Å². The van der Waals surface area contributed by atoms with Gasteiger partial charge in [-0.25, -0.2) is 0 Å². The van der Waals surface area contributed by atoms with Gasteiger partial charge in [0, 0.05) is 0 Å². The van der Waals surface area contributed by atoms with Gasteiger partial charge in [0.15, 0.2) is 0 Å². The quantitative estimate of drug-likeness (QED) is 0.196. The lowest BCUT2D eigenvalue weighted by Gasteiger charge is -2.24. The summed E-state index contributed by atoms with van der Waals surface area (Å²) in [5, 5.41) is 5.29. The van der Waals surface area contributed by atoms with E-state index < -0.39 is 0 Å². The van der Waals surface area contributed by atoms with E-state index in [-0.39, 0.29) is 0 Å². The molecule has 2 aliphatic carbocycles. The molecule has 45 heavy (non-hydrogen) atoms. The molecule has 216 valence electrons. The first kappa shape index (κ1) is 27.4. The molecule has 0 aromatic heterocycles. The van der Waals surface area contributed by atoms with Crippen LogP contribution in [0.3, 0.4) is 0 Å². The Morgan fingerprint density at radius 1 is 0.467 bits per heavy atom. The zero-order chi connectivity index (χ0) is 30.3. The number of rotatable bonds is 3. The van der Waals surface area contributed by atoms with Crippen LogP contribution in [0.15, 0.2) is 140 Å². The summed E-state index contributed by atoms with van der Waals surface area (Å²) < 4.78 is 0. The van der Waals surface area contributed by atoms with Gasteiger partial charge >= 0.3 is 0 Å². The molecule has 0 heterocycles. The van der Waals surface area contributed by atoms with Crippen LogP contribution in [0.2, 0.25) is 0 Å². The third-order valence-electron chi connectivity index (χ3n) is 9.58. The SMILES string of the molecule is C1=Cc2c(c(-c3ccccc3)c3ccccc3c2-c2ccc3c(c2)Cc2c-3cccc2-c2cccc3ccccc23)CC1.CC. The summed E-state index contributed by atoms with van der Waals surface area (Å²) in [6, 6.07) is 49.5. The monoisotopic (exact) mass is 576 g/mol. The molecular formula is C45H36. The van der Waals surface area contributed by atoms with E-state index in [9.17, 15) is 0 Å². The molecule has 0 saturated carbocycles. The van der Waals surface area contributed by atoms with Crippen molar-refractivity contribution in [1.29, 1.82) is 0 Å². The van der Waals surface area contributed by atoms with Crippen LogP contribution in [-0.2, 0) is 12.8 Å². The van der Waals surface area contributed by atoms with Gasteiger partial charge < -0.3 is 0 Å². The average Bonchev–Trinajstić information content (AvgIpc) is 3.50. The normalized spacial score (nSPS) is 12.8. The highest BCUT2D eigenvalue weighted by Gasteiger charge is 2.25. The molecule has 0 bridgehead atoms. The zero-order valence-corrected chi connectivity index (χ0v) is 26.0. The molecule has 7 aromatic rings. The standard InChI is InChI=1S/C43H30.C2H6/c1-2-13-29(14-3-1)42-37-17-6-8-19-39(37)43(40-20-9-7-18-38(40)42)30-24-25-33-31(26-30)27-41-35(33)22-11-23-36(41)34-21-10-15-28-12-4-5-16-32(28)34;1-2/h1-6,8-17,19-26H,7,18,27H2;1-2H3. The summed E-state index contributed by atoms with van der Waals surface area (Å²) in [7, 11) is 0. The highest BCUT2D eigenvalue weighted by molar-refractivity contribution is 6.10. The van der Waals surface area contributed by atoms with E-state index in [1.807, 2.05) is 13.8 Å². The van der Waals surface area contributed by atoms with Crippen molar-refractivity contribution >= 4 is 27.6 Å². The molecule has 0 radical (unpaired) electrons. The Morgan fingerprint density at radius 2 is 1.11 bits per heavy atom. The van der Waals surface area contributed by atoms with E-state index in [1.165, 1.54) is 88.3 Å². The smallest absolute Gasteiger partial charge is 0.000706 e. The molecule has 0 atom stereocenters. The molecule has 0 spiro atoms. The molecule has 2 aliphatic rings. The molecule has 0 N–H and O–H groups in total. The summed E-state index contributed by atoms with van der Waals surface area (Å²) in [4.78, 5) is 0. The molecule has 0 aliphatic heterocycles. The maximum atomic E-state index is 2.48. The van der Waals surface area contributed by atoms with Crippen molar-refractivity contribution in [2.45, 2.75) is 33.1 Å². The van der Waals surface area contributed by atoms with Crippen LogP contribution in [0.4, 0.5) is 0 Å². The summed E-state index contributed by atoms with van der Waals surface area (Å²) in [5.41, 5.74) is 16.5. The molecule has 0 amide bonds. The third-order valence-corrected chi connectivity index (χ3v) is 9.58. The number of allylic oxidation sites excluding steroid dienone is 1. The first-order chi connectivity index (χ1) is 22.3. The Kier molecular flexibility index (Phi) is 6.92. The summed E-state index contributed by atoms with van der Waals surface area (Å²) in [6.07, 6.45) is 7.85. The van der Waals surface area contributed by atoms with Gasteiger partial charge in [-0.3, -0.25) is 0 Å². The van der Waals surface area contributed by atoms with Crippen LogP contribution in [0.5, 0.6) is 0 Å². The fourth-order valence-electron chi connectivity index (χ4n) is 7.72. The minimum Gasteiger partial charge on any atom is -0.0836 e. The van der Waals surface area contributed by atoms with Crippen molar-refractivity contribution in [1.82, 2.24) is 0 Å². The first-order valence-corrected chi connectivity index (χ1v) is 16.4. The predicted octanol–water partition coefficient (Wildman–Crippen LogP) is 12.6.